The van der Waals surface area contributed by atoms with Crippen molar-refractivity contribution in [1.82, 2.24) is 4.98 Å². The molecule has 1 heterocycles. The van der Waals surface area contributed by atoms with Crippen LogP contribution in [-0.4, -0.2) is 65.1 Å². The highest BCUT2D eigenvalue weighted by atomic mass is 28.4. The lowest BCUT2D eigenvalue weighted by atomic mass is 9.58. The van der Waals surface area contributed by atoms with E-state index in [2.05, 4.69) is 146 Å². The Bertz CT molecular complexity index is 1540. The Morgan fingerprint density at radius 1 is 0.862 bits per heavy atom. The number of carbonyl (C=O) groups is 2. The number of pyridine rings is 1. The van der Waals surface area contributed by atoms with E-state index in [1.807, 2.05) is 24.4 Å². The molecule has 0 spiro atoms. The molecule has 0 saturated heterocycles. The Hall–Kier alpha value is -1.70. The lowest BCUT2D eigenvalue weighted by Gasteiger charge is -2.52. The molecule has 0 radical (unpaired) electrons. The molecule has 0 aromatic carbocycles. The normalized spacial score (nSPS) is 18.9. The van der Waals surface area contributed by atoms with Crippen LogP contribution in [-0.2, 0) is 22.9 Å². The van der Waals surface area contributed by atoms with Gasteiger partial charge in [0.1, 0.15) is 5.78 Å². The number of allylic oxidation sites excluding steroid dienone is 1. The van der Waals surface area contributed by atoms with E-state index in [0.29, 0.717) is 19.3 Å². The molecule has 1 fully saturated rings. The largest absolute Gasteiger partial charge is 0.481 e. The smallest absolute Gasteiger partial charge is 0.305 e. The molecule has 2 rings (SSSR count). The van der Waals surface area contributed by atoms with Crippen LogP contribution in [0.4, 0.5) is 0 Å². The van der Waals surface area contributed by atoms with Gasteiger partial charge in [0.05, 0.1) is 35.8 Å². The van der Waals surface area contributed by atoms with Gasteiger partial charge in [0.2, 0.25) is 0 Å². The topological polar surface area (TPSA) is 95.0 Å². The van der Waals surface area contributed by atoms with Crippen molar-refractivity contribution < 1.29 is 28.0 Å². The maximum atomic E-state index is 15.2. The SMILES string of the molecule is CC[C@@H](C(=O)C1([C@H](CC(=O)O)O[Si](C)(C)C(C)(C)C)CCC1)[C@@H](O[Si](C)(C)C(C)(C)C)[C@@H](C)CCCC(C)=CC[C@H](O[Si](C)(C)C(C)(C)C)C(C)=Cc1ccccn1. The lowest BCUT2D eigenvalue weighted by molar-refractivity contribution is -0.156. The molecule has 1 aromatic heterocycles. The Morgan fingerprint density at radius 3 is 1.84 bits per heavy atom. The molecule has 332 valence electrons. The van der Waals surface area contributed by atoms with E-state index in [0.717, 1.165) is 37.8 Å². The molecule has 0 aliphatic heterocycles. The van der Waals surface area contributed by atoms with E-state index in [1.165, 1.54) is 11.1 Å². The van der Waals surface area contributed by atoms with Gasteiger partial charge < -0.3 is 18.4 Å². The van der Waals surface area contributed by atoms with Gasteiger partial charge in [0, 0.05) is 12.1 Å². The molecular weight excluding hydrogens is 771 g/mol. The van der Waals surface area contributed by atoms with E-state index in [-0.39, 0.29) is 51.4 Å². The van der Waals surface area contributed by atoms with Crippen LogP contribution in [0.1, 0.15) is 153 Å². The summed E-state index contributed by atoms with van der Waals surface area (Å²) in [6.45, 7) is 42.5. The molecule has 0 amide bonds. The summed E-state index contributed by atoms with van der Waals surface area (Å²) in [5.41, 5.74) is 2.68. The van der Waals surface area contributed by atoms with Crippen molar-refractivity contribution >= 4 is 42.8 Å². The highest BCUT2D eigenvalue weighted by Crippen LogP contribution is 2.53. The molecule has 1 aliphatic rings. The Morgan fingerprint density at radius 2 is 1.40 bits per heavy atom. The number of nitrogens with zero attached hydrogens (tertiary/aromatic N) is 1. The van der Waals surface area contributed by atoms with E-state index < -0.39 is 42.4 Å². The van der Waals surface area contributed by atoms with Gasteiger partial charge in [0.25, 0.3) is 0 Å². The summed E-state index contributed by atoms with van der Waals surface area (Å²) in [7, 11) is -6.70. The van der Waals surface area contributed by atoms with Gasteiger partial charge in [-0.15, -0.1) is 0 Å². The molecule has 1 aromatic rings. The summed E-state index contributed by atoms with van der Waals surface area (Å²) >= 11 is 0. The maximum absolute atomic E-state index is 15.2. The molecular formula is C48H87NO6Si3. The van der Waals surface area contributed by atoms with Gasteiger partial charge >= 0.3 is 5.97 Å². The molecule has 7 nitrogen and oxygen atoms in total. The van der Waals surface area contributed by atoms with Crippen LogP contribution in [0.5, 0.6) is 0 Å². The number of Topliss-reactive ketones (excluding diaryl/α,β-unsaturated/α-hetero) is 1. The predicted octanol–water partition coefficient (Wildman–Crippen LogP) is 14.0. The fourth-order valence-corrected chi connectivity index (χ4v) is 11.4. The first-order chi connectivity index (χ1) is 26.3. The quantitative estimate of drug-likeness (QED) is 0.0916. The minimum absolute atomic E-state index is 0.0246. The molecule has 10 heteroatoms. The van der Waals surface area contributed by atoms with Crippen LogP contribution in [0.2, 0.25) is 54.4 Å². The standard InChI is InChI=1S/C48H87NO6Si3/c1-20-39(44(52)48(30-24-31-48)41(34-42(50)51)54-57(16,17)46(8,9)10)43(55-58(18,19)47(11,12)13)36(3)26-23-25-35(2)28-29-40(53-56(14,15)45(5,6)7)37(4)33-38-27-21-22-32-49-38/h21-22,27-28,32-33,36,39-41,43H,20,23-26,29-31,34H2,1-19H3,(H,50,51)/t36-,39+,40-,41-,43-/m0/s1. The summed E-state index contributed by atoms with van der Waals surface area (Å²) in [5.74, 6) is -0.924. The van der Waals surface area contributed by atoms with Gasteiger partial charge in [-0.05, 0) is 143 Å². The van der Waals surface area contributed by atoms with Crippen molar-refractivity contribution in [2.75, 3.05) is 0 Å². The van der Waals surface area contributed by atoms with E-state index >= 15 is 4.79 Å². The molecule has 5 atom stereocenters. The molecule has 0 bridgehead atoms. The number of ketones is 1. The summed E-state index contributed by atoms with van der Waals surface area (Å²) in [4.78, 5) is 32.2. The zero-order chi connectivity index (χ0) is 44.7. The fourth-order valence-electron chi connectivity index (χ4n) is 7.30. The average Bonchev–Trinajstić information content (AvgIpc) is 3.04. The Labute approximate surface area is 359 Å². The first-order valence-electron chi connectivity index (χ1n) is 22.4. The highest BCUT2D eigenvalue weighted by Gasteiger charge is 2.57. The monoisotopic (exact) mass is 858 g/mol. The number of carboxylic acids is 1. The fraction of sp³-hybridized carbons (Fsp3) is 0.771. The zero-order valence-electron chi connectivity index (χ0n) is 40.7. The van der Waals surface area contributed by atoms with Gasteiger partial charge in [-0.3, -0.25) is 14.6 Å². The van der Waals surface area contributed by atoms with Gasteiger partial charge in [-0.2, -0.15) is 0 Å². The van der Waals surface area contributed by atoms with E-state index in [4.69, 9.17) is 13.3 Å². The maximum Gasteiger partial charge on any atom is 0.305 e. The van der Waals surface area contributed by atoms with Crippen LogP contribution >= 0.6 is 0 Å². The Balaban J connectivity index is 2.41. The van der Waals surface area contributed by atoms with Gasteiger partial charge in [-0.1, -0.05) is 100 Å². The zero-order valence-corrected chi connectivity index (χ0v) is 43.7. The van der Waals surface area contributed by atoms with Gasteiger partial charge in [-0.25, -0.2) is 0 Å². The third-order valence-electron chi connectivity index (χ3n) is 14.7. The van der Waals surface area contributed by atoms with Crippen LogP contribution < -0.4 is 0 Å². The number of aromatic nitrogens is 1. The number of carboxylic acid groups (broad SMARTS) is 1. The summed E-state index contributed by atoms with van der Waals surface area (Å²) < 4.78 is 21.3. The molecule has 1 N–H and O–H groups in total. The van der Waals surface area contributed by atoms with Gasteiger partial charge in [0.15, 0.2) is 25.0 Å². The van der Waals surface area contributed by atoms with Crippen molar-refractivity contribution in [2.45, 2.75) is 221 Å². The van der Waals surface area contributed by atoms with Crippen LogP contribution in [0.3, 0.4) is 0 Å². The summed E-state index contributed by atoms with van der Waals surface area (Å²) in [6.07, 6.45) is 11.9. The predicted molar refractivity (Wildman–Crippen MR) is 253 cm³/mol. The third-order valence-corrected chi connectivity index (χ3v) is 28.1. The van der Waals surface area contributed by atoms with Crippen LogP contribution in [0, 0.1) is 17.3 Å². The van der Waals surface area contributed by atoms with E-state index in [9.17, 15) is 9.90 Å². The first-order valence-corrected chi connectivity index (χ1v) is 31.1. The minimum atomic E-state index is -2.37. The number of hydrogen-bond donors (Lipinski definition) is 1. The van der Waals surface area contributed by atoms with Crippen LogP contribution in [0.15, 0.2) is 41.6 Å². The number of carbonyl (C=O) groups excluding carboxylic acids is 1. The third kappa shape index (κ3) is 13.9. The average molecular weight is 858 g/mol. The molecule has 58 heavy (non-hydrogen) atoms. The summed E-state index contributed by atoms with van der Waals surface area (Å²) in [5, 5.41) is 10.1. The second kappa shape index (κ2) is 20.4. The van der Waals surface area contributed by atoms with Crippen molar-refractivity contribution in [3.05, 3.63) is 47.3 Å². The second-order valence-electron chi connectivity index (χ2n) is 22.4. The molecule has 1 saturated carbocycles. The van der Waals surface area contributed by atoms with Crippen molar-refractivity contribution in [1.29, 1.82) is 0 Å². The minimum Gasteiger partial charge on any atom is -0.481 e. The van der Waals surface area contributed by atoms with Crippen molar-refractivity contribution in [3.63, 3.8) is 0 Å². The Kier molecular flexibility index (Phi) is 18.5. The number of rotatable bonds is 22. The number of aliphatic carboxylic acids is 1. The molecule has 1 aliphatic carbocycles. The number of hydrogen-bond acceptors (Lipinski definition) is 6. The van der Waals surface area contributed by atoms with E-state index in [1.54, 1.807) is 0 Å². The first kappa shape index (κ1) is 52.4. The molecule has 0 unspecified atom stereocenters. The van der Waals surface area contributed by atoms with Crippen LogP contribution in [0.25, 0.3) is 6.08 Å². The van der Waals surface area contributed by atoms with Crippen molar-refractivity contribution in [3.8, 4) is 0 Å². The summed E-state index contributed by atoms with van der Waals surface area (Å²) in [6, 6.07) is 6.00. The lowest BCUT2D eigenvalue weighted by Crippen LogP contribution is -2.59. The second-order valence-corrected chi connectivity index (χ2v) is 36.6. The van der Waals surface area contributed by atoms with Crippen molar-refractivity contribution in [2.24, 2.45) is 17.3 Å². The highest BCUT2D eigenvalue weighted by molar-refractivity contribution is 6.75.